The van der Waals surface area contributed by atoms with Gasteiger partial charge < -0.3 is 9.84 Å². The van der Waals surface area contributed by atoms with Crippen molar-refractivity contribution in [3.63, 3.8) is 0 Å². The first kappa shape index (κ1) is 16.9. The monoisotopic (exact) mass is 333 g/mol. The van der Waals surface area contributed by atoms with Gasteiger partial charge in [-0.2, -0.15) is 0 Å². The van der Waals surface area contributed by atoms with Gasteiger partial charge in [0.2, 0.25) is 0 Å². The van der Waals surface area contributed by atoms with Crippen molar-refractivity contribution in [2.45, 2.75) is 25.0 Å². The molecule has 0 saturated carbocycles. The van der Waals surface area contributed by atoms with Gasteiger partial charge in [0.05, 0.1) is 0 Å². The average Bonchev–Trinajstić information content (AvgIpc) is 3.03. The van der Waals surface area contributed by atoms with Crippen molar-refractivity contribution >= 4 is 0 Å². The number of halogens is 2. The molecule has 1 heterocycles. The van der Waals surface area contributed by atoms with Crippen molar-refractivity contribution in [3.8, 4) is 5.75 Å². The van der Waals surface area contributed by atoms with Crippen LogP contribution in [0.4, 0.5) is 8.78 Å². The first-order chi connectivity index (χ1) is 11.6. The van der Waals surface area contributed by atoms with Crippen LogP contribution in [0.5, 0.6) is 5.75 Å². The summed E-state index contributed by atoms with van der Waals surface area (Å²) in [5, 5.41) is 10.2. The molecule has 1 fully saturated rings. The van der Waals surface area contributed by atoms with Gasteiger partial charge in [0.1, 0.15) is 18.5 Å². The third-order valence-corrected chi connectivity index (χ3v) is 4.33. The molecule has 128 valence electrons. The van der Waals surface area contributed by atoms with Crippen LogP contribution < -0.4 is 4.74 Å². The molecule has 0 radical (unpaired) electrons. The first-order valence-corrected chi connectivity index (χ1v) is 8.18. The summed E-state index contributed by atoms with van der Waals surface area (Å²) >= 11 is 0. The Morgan fingerprint density at radius 2 is 1.88 bits per heavy atom. The minimum Gasteiger partial charge on any atom is -0.488 e. The van der Waals surface area contributed by atoms with Crippen LogP contribution in [0.15, 0.2) is 48.5 Å². The van der Waals surface area contributed by atoms with E-state index in [9.17, 15) is 13.9 Å². The summed E-state index contributed by atoms with van der Waals surface area (Å²) in [7, 11) is 0. The van der Waals surface area contributed by atoms with E-state index < -0.39 is 11.9 Å². The minimum absolute atomic E-state index is 0.0353. The van der Waals surface area contributed by atoms with Crippen molar-refractivity contribution < 1.29 is 18.6 Å². The number of hydrogen-bond acceptors (Lipinski definition) is 3. The summed E-state index contributed by atoms with van der Waals surface area (Å²) in [4.78, 5) is 2.17. The number of benzene rings is 2. The molecular formula is C19H21F2NO2. The molecule has 0 bridgehead atoms. The lowest BCUT2D eigenvalue weighted by Gasteiger charge is -2.27. The summed E-state index contributed by atoms with van der Waals surface area (Å²) in [6.45, 7) is 1.35. The number of aliphatic hydroxyl groups is 1. The smallest absolute Gasteiger partial charge is 0.165 e. The molecule has 24 heavy (non-hydrogen) atoms. The van der Waals surface area contributed by atoms with Gasteiger partial charge in [0, 0.05) is 12.6 Å². The van der Waals surface area contributed by atoms with Crippen molar-refractivity contribution in [2.24, 2.45) is 0 Å². The van der Waals surface area contributed by atoms with Crippen LogP contribution in [0.3, 0.4) is 0 Å². The predicted octanol–water partition coefficient (Wildman–Crippen LogP) is 3.54. The standard InChI is InChI=1S/C19H21F2NO2/c20-15-9-7-14(8-10-15)18-5-3-11-22(18)12-16(23)13-24-19-6-2-1-4-17(19)21/h1-2,4,6-10,16,18,23H,3,5,11-13H2. The fourth-order valence-electron chi connectivity index (χ4n) is 3.18. The Kier molecular flexibility index (Phi) is 5.43. The largest absolute Gasteiger partial charge is 0.488 e. The number of likely N-dealkylation sites (tertiary alicyclic amines) is 1. The van der Waals surface area contributed by atoms with Gasteiger partial charge in [0.15, 0.2) is 11.6 Å². The fraction of sp³-hybridized carbons (Fsp3) is 0.368. The van der Waals surface area contributed by atoms with Crippen molar-refractivity contribution in [1.29, 1.82) is 0 Å². The maximum atomic E-state index is 13.5. The molecule has 2 aromatic carbocycles. The van der Waals surface area contributed by atoms with Crippen LogP contribution in [0.25, 0.3) is 0 Å². The molecule has 2 atom stereocenters. The van der Waals surface area contributed by atoms with E-state index in [0.717, 1.165) is 24.9 Å². The molecule has 0 spiro atoms. The van der Waals surface area contributed by atoms with Crippen LogP contribution in [0.1, 0.15) is 24.4 Å². The molecule has 1 aliphatic rings. The van der Waals surface area contributed by atoms with Crippen LogP contribution in [0.2, 0.25) is 0 Å². The molecule has 1 saturated heterocycles. The number of rotatable bonds is 6. The van der Waals surface area contributed by atoms with Crippen LogP contribution in [-0.4, -0.2) is 35.8 Å². The zero-order valence-corrected chi connectivity index (χ0v) is 13.4. The predicted molar refractivity (Wildman–Crippen MR) is 87.8 cm³/mol. The van der Waals surface area contributed by atoms with Gasteiger partial charge >= 0.3 is 0 Å². The highest BCUT2D eigenvalue weighted by Crippen LogP contribution is 2.32. The van der Waals surface area contributed by atoms with Crippen molar-refractivity contribution in [2.75, 3.05) is 19.7 Å². The van der Waals surface area contributed by atoms with Gasteiger partial charge in [-0.1, -0.05) is 24.3 Å². The highest BCUT2D eigenvalue weighted by molar-refractivity contribution is 5.23. The lowest BCUT2D eigenvalue weighted by atomic mass is 10.0. The Morgan fingerprint density at radius 1 is 1.12 bits per heavy atom. The average molecular weight is 333 g/mol. The number of aliphatic hydroxyl groups excluding tert-OH is 1. The second-order valence-corrected chi connectivity index (χ2v) is 6.10. The topological polar surface area (TPSA) is 32.7 Å². The Morgan fingerprint density at radius 3 is 2.62 bits per heavy atom. The molecule has 3 nitrogen and oxygen atoms in total. The zero-order valence-electron chi connectivity index (χ0n) is 13.4. The SMILES string of the molecule is OC(COc1ccccc1F)CN1CCCC1c1ccc(F)cc1. The number of β-amino-alcohol motifs (C(OH)–C–C–N with tert-alkyl or cyclic N) is 1. The fourth-order valence-corrected chi connectivity index (χ4v) is 3.18. The summed E-state index contributed by atoms with van der Waals surface area (Å²) in [6, 6.07) is 12.8. The van der Waals surface area contributed by atoms with Crippen LogP contribution >= 0.6 is 0 Å². The van der Waals surface area contributed by atoms with Crippen LogP contribution in [0, 0.1) is 11.6 Å². The Bertz CT molecular complexity index is 663. The molecule has 0 aromatic heterocycles. The Balaban J connectivity index is 1.56. The lowest BCUT2D eigenvalue weighted by Crippen LogP contribution is -2.35. The highest BCUT2D eigenvalue weighted by atomic mass is 19.1. The summed E-state index contributed by atoms with van der Waals surface area (Å²) in [6.07, 6.45) is 1.29. The van der Waals surface area contributed by atoms with Crippen molar-refractivity contribution in [1.82, 2.24) is 4.90 Å². The van der Waals surface area contributed by atoms with E-state index >= 15 is 0 Å². The quantitative estimate of drug-likeness (QED) is 0.878. The van der Waals surface area contributed by atoms with Gasteiger partial charge in [-0.3, -0.25) is 4.90 Å². The summed E-state index contributed by atoms with van der Waals surface area (Å²) < 4.78 is 32.0. The Hall–Kier alpha value is -1.98. The van der Waals surface area contributed by atoms with Gasteiger partial charge in [0.25, 0.3) is 0 Å². The van der Waals surface area contributed by atoms with E-state index in [1.807, 2.05) is 0 Å². The van der Waals surface area contributed by atoms with E-state index in [1.54, 1.807) is 30.3 Å². The van der Waals surface area contributed by atoms with Gasteiger partial charge in [-0.15, -0.1) is 0 Å². The van der Waals surface area contributed by atoms with E-state index in [2.05, 4.69) is 4.90 Å². The van der Waals surface area contributed by atoms with E-state index in [4.69, 9.17) is 4.74 Å². The molecule has 2 aromatic rings. The zero-order chi connectivity index (χ0) is 16.9. The van der Waals surface area contributed by atoms with Crippen molar-refractivity contribution in [3.05, 3.63) is 65.7 Å². The van der Waals surface area contributed by atoms with Gasteiger partial charge in [-0.05, 0) is 49.2 Å². The molecule has 1 aliphatic heterocycles. The second kappa shape index (κ2) is 7.73. The number of para-hydroxylation sites is 1. The summed E-state index contributed by atoms with van der Waals surface area (Å²) in [5.74, 6) is -0.537. The molecule has 0 amide bonds. The maximum Gasteiger partial charge on any atom is 0.165 e. The third kappa shape index (κ3) is 4.10. The lowest BCUT2D eigenvalue weighted by molar-refractivity contribution is 0.0625. The molecule has 3 rings (SSSR count). The Labute approximate surface area is 140 Å². The number of ether oxygens (including phenoxy) is 1. The van der Waals surface area contributed by atoms with E-state index in [0.29, 0.717) is 6.54 Å². The third-order valence-electron chi connectivity index (χ3n) is 4.33. The maximum absolute atomic E-state index is 13.5. The molecular weight excluding hydrogens is 312 g/mol. The van der Waals surface area contributed by atoms with Gasteiger partial charge in [-0.25, -0.2) is 8.78 Å². The van der Waals surface area contributed by atoms with Crippen LogP contribution in [-0.2, 0) is 0 Å². The molecule has 5 heteroatoms. The van der Waals surface area contributed by atoms with E-state index in [-0.39, 0.29) is 24.2 Å². The normalized spacial score (nSPS) is 19.4. The minimum atomic E-state index is -0.717. The molecule has 0 aliphatic carbocycles. The second-order valence-electron chi connectivity index (χ2n) is 6.10. The molecule has 2 unspecified atom stereocenters. The summed E-state index contributed by atoms with van der Waals surface area (Å²) in [5.41, 5.74) is 1.05. The molecule has 1 N–H and O–H groups in total. The number of nitrogens with zero attached hydrogens (tertiary/aromatic N) is 1. The number of hydrogen-bond donors (Lipinski definition) is 1. The highest BCUT2D eigenvalue weighted by Gasteiger charge is 2.27. The first-order valence-electron chi connectivity index (χ1n) is 8.18. The van der Waals surface area contributed by atoms with E-state index in [1.165, 1.54) is 18.2 Å².